The van der Waals surface area contributed by atoms with Crippen molar-refractivity contribution in [3.63, 3.8) is 0 Å². The molecule has 0 aromatic heterocycles. The molecule has 0 saturated carbocycles. The number of amides is 4. The molecule has 0 spiro atoms. The lowest BCUT2D eigenvalue weighted by Gasteiger charge is -2.22. The highest BCUT2D eigenvalue weighted by Crippen LogP contribution is 2.28. The summed E-state index contributed by atoms with van der Waals surface area (Å²) in [5.74, 6) is -1.27. The van der Waals surface area contributed by atoms with Crippen LogP contribution in [0.3, 0.4) is 0 Å². The van der Waals surface area contributed by atoms with E-state index in [1.165, 1.54) is 6.07 Å². The molecule has 1 fully saturated rings. The van der Waals surface area contributed by atoms with Gasteiger partial charge in [0.25, 0.3) is 5.91 Å². The number of nitrogens with zero attached hydrogens (tertiary/aromatic N) is 1. The van der Waals surface area contributed by atoms with E-state index in [1.807, 2.05) is 6.07 Å². The number of halogens is 1. The predicted molar refractivity (Wildman–Crippen MR) is 97.0 cm³/mol. The van der Waals surface area contributed by atoms with Crippen molar-refractivity contribution in [2.75, 3.05) is 6.54 Å². The van der Waals surface area contributed by atoms with Crippen LogP contribution in [-0.2, 0) is 21.7 Å². The van der Waals surface area contributed by atoms with E-state index in [-0.39, 0.29) is 18.9 Å². The summed E-state index contributed by atoms with van der Waals surface area (Å²) in [7, 11) is 0. The summed E-state index contributed by atoms with van der Waals surface area (Å²) >= 11 is 0. The zero-order chi connectivity index (χ0) is 19.6. The molecule has 140 valence electrons. The van der Waals surface area contributed by atoms with Crippen LogP contribution in [0.2, 0.25) is 0 Å². The Morgan fingerprint density at radius 2 is 1.89 bits per heavy atom. The Balaban J connectivity index is 1.64. The number of hydrogen-bond donors (Lipinski definition) is 2. The highest BCUT2D eigenvalue weighted by molar-refractivity contribution is 6.09. The molecule has 2 aromatic carbocycles. The number of aryl methyl sites for hydroxylation is 1. The Morgan fingerprint density at radius 1 is 1.19 bits per heavy atom. The molecule has 1 aliphatic heterocycles. The molecule has 1 atom stereocenters. The lowest BCUT2D eigenvalue weighted by Crippen LogP contribution is -2.43. The maximum atomic E-state index is 13.3. The van der Waals surface area contributed by atoms with Gasteiger partial charge in [-0.25, -0.2) is 9.18 Å². The van der Waals surface area contributed by atoms with E-state index in [0.29, 0.717) is 11.1 Å². The van der Waals surface area contributed by atoms with Crippen LogP contribution in [-0.4, -0.2) is 29.3 Å². The van der Waals surface area contributed by atoms with Crippen molar-refractivity contribution in [1.29, 1.82) is 0 Å². The van der Waals surface area contributed by atoms with Gasteiger partial charge in [-0.3, -0.25) is 14.5 Å². The molecule has 0 bridgehead atoms. The average Bonchev–Trinajstić information content (AvgIpc) is 2.87. The van der Waals surface area contributed by atoms with Crippen molar-refractivity contribution in [3.8, 4) is 0 Å². The zero-order valence-electron chi connectivity index (χ0n) is 15.1. The van der Waals surface area contributed by atoms with Crippen LogP contribution < -0.4 is 10.6 Å². The van der Waals surface area contributed by atoms with Crippen molar-refractivity contribution in [2.45, 2.75) is 25.9 Å². The first-order chi connectivity index (χ1) is 12.8. The summed E-state index contributed by atoms with van der Waals surface area (Å²) in [6.45, 7) is 3.05. The molecule has 7 heteroatoms. The van der Waals surface area contributed by atoms with Gasteiger partial charge in [0.2, 0.25) is 5.91 Å². The monoisotopic (exact) mass is 369 g/mol. The maximum Gasteiger partial charge on any atom is 0.325 e. The molecule has 0 aliphatic carbocycles. The Kier molecular flexibility index (Phi) is 4.94. The van der Waals surface area contributed by atoms with E-state index in [2.05, 4.69) is 10.6 Å². The maximum absolute atomic E-state index is 13.3. The van der Waals surface area contributed by atoms with E-state index in [0.717, 1.165) is 10.5 Å². The second-order valence-corrected chi connectivity index (χ2v) is 6.67. The fourth-order valence-electron chi connectivity index (χ4n) is 3.02. The number of nitrogens with one attached hydrogen (secondary N) is 2. The summed E-state index contributed by atoms with van der Waals surface area (Å²) in [6.07, 6.45) is 0. The standard InChI is InChI=1S/C20H20FN3O3/c1-13-10-14(8-9-16(13)21)11-22-17(25)12-24-18(26)20(2,23-19(24)27)15-6-4-3-5-7-15/h3-10H,11-12H2,1-2H3,(H,22,25)(H,23,27)/t20-/m0/s1. The number of rotatable bonds is 5. The van der Waals surface area contributed by atoms with Gasteiger partial charge in [-0.1, -0.05) is 42.5 Å². The smallest absolute Gasteiger partial charge is 0.325 e. The van der Waals surface area contributed by atoms with Gasteiger partial charge in [-0.15, -0.1) is 0 Å². The summed E-state index contributed by atoms with van der Waals surface area (Å²) in [4.78, 5) is 38.1. The first-order valence-corrected chi connectivity index (χ1v) is 8.52. The Hall–Kier alpha value is -3.22. The molecule has 1 heterocycles. The van der Waals surface area contributed by atoms with Gasteiger partial charge < -0.3 is 10.6 Å². The second-order valence-electron chi connectivity index (χ2n) is 6.67. The number of urea groups is 1. The van der Waals surface area contributed by atoms with Crippen molar-refractivity contribution in [3.05, 3.63) is 71.0 Å². The summed E-state index contributed by atoms with van der Waals surface area (Å²) in [5, 5.41) is 5.30. The fourth-order valence-corrected chi connectivity index (χ4v) is 3.02. The highest BCUT2D eigenvalue weighted by Gasteiger charge is 2.49. The SMILES string of the molecule is Cc1cc(CNC(=O)CN2C(=O)N[C@@](C)(c3ccccc3)C2=O)ccc1F. The third-order valence-electron chi connectivity index (χ3n) is 4.64. The van der Waals surface area contributed by atoms with E-state index < -0.39 is 23.4 Å². The quantitative estimate of drug-likeness (QED) is 0.794. The lowest BCUT2D eigenvalue weighted by molar-refractivity contribution is -0.134. The summed E-state index contributed by atoms with van der Waals surface area (Å²) in [6, 6.07) is 12.8. The molecule has 0 radical (unpaired) electrons. The average molecular weight is 369 g/mol. The highest BCUT2D eigenvalue weighted by atomic mass is 19.1. The van der Waals surface area contributed by atoms with Crippen LogP contribution in [0.25, 0.3) is 0 Å². The van der Waals surface area contributed by atoms with Crippen LogP contribution >= 0.6 is 0 Å². The molecule has 0 unspecified atom stereocenters. The number of carbonyl (C=O) groups is 3. The second kappa shape index (κ2) is 7.19. The van der Waals surface area contributed by atoms with Gasteiger partial charge in [0.1, 0.15) is 17.9 Å². The van der Waals surface area contributed by atoms with Crippen molar-refractivity contribution >= 4 is 17.8 Å². The van der Waals surface area contributed by atoms with Crippen LogP contribution in [0.1, 0.15) is 23.6 Å². The van der Waals surface area contributed by atoms with Crippen LogP contribution in [0.5, 0.6) is 0 Å². The van der Waals surface area contributed by atoms with Gasteiger partial charge >= 0.3 is 6.03 Å². The molecular formula is C20H20FN3O3. The third kappa shape index (κ3) is 3.67. The predicted octanol–water partition coefficient (Wildman–Crippen LogP) is 2.22. The Bertz CT molecular complexity index is 901. The van der Waals surface area contributed by atoms with Crippen LogP contribution in [0.15, 0.2) is 48.5 Å². The summed E-state index contributed by atoms with van der Waals surface area (Å²) < 4.78 is 13.3. The molecule has 27 heavy (non-hydrogen) atoms. The topological polar surface area (TPSA) is 78.5 Å². The largest absolute Gasteiger partial charge is 0.350 e. The molecule has 4 amide bonds. The molecular weight excluding hydrogens is 349 g/mol. The Morgan fingerprint density at radius 3 is 2.56 bits per heavy atom. The van der Waals surface area contributed by atoms with Gasteiger partial charge in [0.15, 0.2) is 0 Å². The van der Waals surface area contributed by atoms with Gasteiger partial charge in [0.05, 0.1) is 0 Å². The minimum atomic E-state index is -1.20. The fraction of sp³-hybridized carbons (Fsp3) is 0.250. The van der Waals surface area contributed by atoms with E-state index in [4.69, 9.17) is 0 Å². The number of hydrogen-bond acceptors (Lipinski definition) is 3. The molecule has 1 saturated heterocycles. The number of benzene rings is 2. The number of imide groups is 1. The molecule has 2 aromatic rings. The third-order valence-corrected chi connectivity index (χ3v) is 4.64. The Labute approximate surface area is 156 Å². The van der Waals surface area contributed by atoms with Gasteiger partial charge in [0, 0.05) is 6.54 Å². The molecule has 1 aliphatic rings. The summed E-state index contributed by atoms with van der Waals surface area (Å²) in [5.41, 5.74) is 0.656. The van der Waals surface area contributed by atoms with Crippen molar-refractivity contribution < 1.29 is 18.8 Å². The van der Waals surface area contributed by atoms with E-state index >= 15 is 0 Å². The number of carbonyl (C=O) groups excluding carboxylic acids is 3. The zero-order valence-corrected chi connectivity index (χ0v) is 15.1. The van der Waals surface area contributed by atoms with Crippen molar-refractivity contribution in [1.82, 2.24) is 15.5 Å². The van der Waals surface area contributed by atoms with Gasteiger partial charge in [-0.2, -0.15) is 0 Å². The minimum Gasteiger partial charge on any atom is -0.350 e. The van der Waals surface area contributed by atoms with Crippen molar-refractivity contribution in [2.24, 2.45) is 0 Å². The van der Waals surface area contributed by atoms with Crippen LogP contribution in [0.4, 0.5) is 9.18 Å². The van der Waals surface area contributed by atoms with Crippen LogP contribution in [0, 0.1) is 12.7 Å². The van der Waals surface area contributed by atoms with Gasteiger partial charge in [-0.05, 0) is 36.6 Å². The minimum absolute atomic E-state index is 0.180. The first kappa shape index (κ1) is 18.6. The lowest BCUT2D eigenvalue weighted by atomic mass is 9.92. The molecule has 3 rings (SSSR count). The van der Waals surface area contributed by atoms with E-state index in [1.54, 1.807) is 50.2 Å². The van der Waals surface area contributed by atoms with E-state index in [9.17, 15) is 18.8 Å². The first-order valence-electron chi connectivity index (χ1n) is 8.52. The molecule has 2 N–H and O–H groups in total. The molecule has 6 nitrogen and oxygen atoms in total. The normalized spacial score (nSPS) is 19.1.